The molecule has 0 spiro atoms. The van der Waals surface area contributed by atoms with Gasteiger partial charge in [0.1, 0.15) is 0 Å². The fourth-order valence-corrected chi connectivity index (χ4v) is 1.62. The summed E-state index contributed by atoms with van der Waals surface area (Å²) in [5.41, 5.74) is 2.77. The van der Waals surface area contributed by atoms with E-state index < -0.39 is 17.6 Å². The molecule has 0 saturated heterocycles. The molecule has 0 aliphatic rings. The van der Waals surface area contributed by atoms with Crippen molar-refractivity contribution in [2.45, 2.75) is 12.7 Å². The Bertz CT molecular complexity index is 465. The SMILES string of the molecule is CN(Cc1cc([N+](=O)[O-])ccc1NN)CC(F)(F)F. The monoisotopic (exact) mass is 278 g/mol. The van der Waals surface area contributed by atoms with Gasteiger partial charge in [-0.2, -0.15) is 13.2 Å². The smallest absolute Gasteiger partial charge is 0.324 e. The lowest BCUT2D eigenvalue weighted by molar-refractivity contribution is -0.384. The number of nitrogens with two attached hydrogens (primary N) is 1. The van der Waals surface area contributed by atoms with Crippen LogP contribution in [0.4, 0.5) is 24.5 Å². The molecule has 106 valence electrons. The summed E-state index contributed by atoms with van der Waals surface area (Å²) in [6.07, 6.45) is -4.33. The van der Waals surface area contributed by atoms with E-state index in [1.165, 1.54) is 25.2 Å². The number of hydrogen-bond acceptors (Lipinski definition) is 5. The first kappa shape index (κ1) is 15.2. The van der Waals surface area contributed by atoms with Crippen LogP contribution in [0.5, 0.6) is 0 Å². The van der Waals surface area contributed by atoms with Crippen LogP contribution in [-0.2, 0) is 6.54 Å². The molecule has 1 rings (SSSR count). The number of nitro groups is 1. The van der Waals surface area contributed by atoms with Crippen molar-refractivity contribution in [1.82, 2.24) is 4.90 Å². The molecule has 0 aliphatic heterocycles. The zero-order chi connectivity index (χ0) is 14.6. The lowest BCUT2D eigenvalue weighted by Gasteiger charge is -2.19. The van der Waals surface area contributed by atoms with Gasteiger partial charge in [-0.1, -0.05) is 0 Å². The zero-order valence-electron chi connectivity index (χ0n) is 10.1. The van der Waals surface area contributed by atoms with E-state index in [9.17, 15) is 23.3 Å². The predicted octanol–water partition coefficient (Wildman–Crippen LogP) is 1.87. The lowest BCUT2D eigenvalue weighted by Crippen LogP contribution is -2.31. The van der Waals surface area contributed by atoms with E-state index in [0.29, 0.717) is 11.3 Å². The predicted molar refractivity (Wildman–Crippen MR) is 63.3 cm³/mol. The summed E-state index contributed by atoms with van der Waals surface area (Å²) in [4.78, 5) is 11.0. The average Bonchev–Trinajstić information content (AvgIpc) is 2.26. The van der Waals surface area contributed by atoms with Crippen LogP contribution in [-0.4, -0.2) is 29.6 Å². The highest BCUT2D eigenvalue weighted by Crippen LogP contribution is 2.24. The summed E-state index contributed by atoms with van der Waals surface area (Å²) in [7, 11) is 1.27. The minimum atomic E-state index is -4.33. The second-order valence-electron chi connectivity index (χ2n) is 4.03. The van der Waals surface area contributed by atoms with Crippen molar-refractivity contribution >= 4 is 11.4 Å². The molecule has 0 bridgehead atoms. The van der Waals surface area contributed by atoms with Gasteiger partial charge >= 0.3 is 6.18 Å². The third kappa shape index (κ3) is 4.72. The molecule has 1 aromatic carbocycles. The first-order valence-corrected chi connectivity index (χ1v) is 5.22. The van der Waals surface area contributed by atoms with Gasteiger partial charge in [0.25, 0.3) is 5.69 Å². The Labute approximate surface area is 107 Å². The fourth-order valence-electron chi connectivity index (χ4n) is 1.62. The maximum Gasteiger partial charge on any atom is 0.401 e. The highest BCUT2D eigenvalue weighted by molar-refractivity contribution is 5.55. The molecule has 0 heterocycles. The van der Waals surface area contributed by atoms with Gasteiger partial charge < -0.3 is 5.43 Å². The first-order valence-electron chi connectivity index (χ1n) is 5.22. The number of nitrogens with zero attached hydrogens (tertiary/aromatic N) is 2. The Morgan fingerprint density at radius 1 is 1.47 bits per heavy atom. The van der Waals surface area contributed by atoms with Gasteiger partial charge in [-0.3, -0.25) is 20.9 Å². The van der Waals surface area contributed by atoms with Crippen molar-refractivity contribution in [3.05, 3.63) is 33.9 Å². The molecular weight excluding hydrogens is 265 g/mol. The molecule has 0 fully saturated rings. The Hall–Kier alpha value is -1.87. The van der Waals surface area contributed by atoms with Crippen LogP contribution < -0.4 is 11.3 Å². The maximum atomic E-state index is 12.2. The number of rotatable bonds is 5. The molecule has 0 aromatic heterocycles. The number of nitrogens with one attached hydrogen (secondary N) is 1. The molecule has 0 saturated carbocycles. The molecule has 3 N–H and O–H groups in total. The Morgan fingerprint density at radius 3 is 2.58 bits per heavy atom. The minimum Gasteiger partial charge on any atom is -0.324 e. The summed E-state index contributed by atoms with van der Waals surface area (Å²) in [5.74, 6) is 5.22. The van der Waals surface area contributed by atoms with Gasteiger partial charge in [0.05, 0.1) is 17.2 Å². The second-order valence-corrected chi connectivity index (χ2v) is 4.03. The third-order valence-corrected chi connectivity index (χ3v) is 2.34. The van der Waals surface area contributed by atoms with Gasteiger partial charge in [0.15, 0.2) is 0 Å². The topological polar surface area (TPSA) is 84.4 Å². The van der Waals surface area contributed by atoms with Gasteiger partial charge in [0.2, 0.25) is 0 Å². The number of benzene rings is 1. The van der Waals surface area contributed by atoms with E-state index in [-0.39, 0.29) is 12.2 Å². The van der Waals surface area contributed by atoms with E-state index in [0.717, 1.165) is 4.90 Å². The number of halogens is 3. The second kappa shape index (κ2) is 5.85. The van der Waals surface area contributed by atoms with Crippen LogP contribution in [0.15, 0.2) is 18.2 Å². The van der Waals surface area contributed by atoms with Crippen LogP contribution in [0.2, 0.25) is 0 Å². The number of nitro benzene ring substituents is 1. The maximum absolute atomic E-state index is 12.2. The van der Waals surface area contributed by atoms with Crippen molar-refractivity contribution in [3.8, 4) is 0 Å². The Kier molecular flexibility index (Phi) is 4.67. The van der Waals surface area contributed by atoms with Crippen LogP contribution >= 0.6 is 0 Å². The Morgan fingerprint density at radius 2 is 2.11 bits per heavy atom. The quantitative estimate of drug-likeness (QED) is 0.488. The highest BCUT2D eigenvalue weighted by atomic mass is 19.4. The number of hydrazine groups is 1. The molecule has 0 amide bonds. The number of nitrogen functional groups attached to an aromatic ring is 1. The number of anilines is 1. The van der Waals surface area contributed by atoms with E-state index in [2.05, 4.69) is 5.43 Å². The highest BCUT2D eigenvalue weighted by Gasteiger charge is 2.29. The standard InChI is InChI=1S/C10H13F3N4O2/c1-16(6-10(11,12)13)5-7-4-8(17(18)19)2-3-9(7)15-14/h2-4,15H,5-6,14H2,1H3. The molecule has 0 unspecified atom stereocenters. The largest absolute Gasteiger partial charge is 0.401 e. The zero-order valence-corrected chi connectivity index (χ0v) is 10.1. The lowest BCUT2D eigenvalue weighted by atomic mass is 10.1. The summed E-state index contributed by atoms with van der Waals surface area (Å²) in [5, 5.41) is 10.6. The normalized spacial score (nSPS) is 11.7. The van der Waals surface area contributed by atoms with E-state index in [1.807, 2.05) is 0 Å². The first-order chi connectivity index (χ1) is 8.73. The molecule has 19 heavy (non-hydrogen) atoms. The van der Waals surface area contributed by atoms with E-state index in [1.54, 1.807) is 0 Å². The molecule has 0 radical (unpaired) electrons. The molecular formula is C10H13F3N4O2. The minimum absolute atomic E-state index is 0.110. The van der Waals surface area contributed by atoms with Crippen molar-refractivity contribution < 1.29 is 18.1 Å². The van der Waals surface area contributed by atoms with Gasteiger partial charge in [-0.15, -0.1) is 0 Å². The van der Waals surface area contributed by atoms with Gasteiger partial charge in [-0.05, 0) is 18.7 Å². The van der Waals surface area contributed by atoms with Crippen LogP contribution in [0.25, 0.3) is 0 Å². The summed E-state index contributed by atoms with van der Waals surface area (Å²) in [6.45, 7) is -1.22. The van der Waals surface area contributed by atoms with E-state index in [4.69, 9.17) is 5.84 Å². The molecule has 0 atom stereocenters. The summed E-state index contributed by atoms with van der Waals surface area (Å²) < 4.78 is 36.6. The number of non-ortho nitro benzene ring substituents is 1. The molecule has 6 nitrogen and oxygen atoms in total. The Balaban J connectivity index is 2.91. The van der Waals surface area contributed by atoms with E-state index >= 15 is 0 Å². The van der Waals surface area contributed by atoms with Crippen LogP contribution in [0.3, 0.4) is 0 Å². The number of alkyl halides is 3. The van der Waals surface area contributed by atoms with Crippen molar-refractivity contribution in [1.29, 1.82) is 0 Å². The third-order valence-electron chi connectivity index (χ3n) is 2.34. The van der Waals surface area contributed by atoms with Crippen LogP contribution in [0.1, 0.15) is 5.56 Å². The van der Waals surface area contributed by atoms with Crippen molar-refractivity contribution in [2.75, 3.05) is 19.0 Å². The average molecular weight is 278 g/mol. The molecule has 1 aromatic rings. The van der Waals surface area contributed by atoms with Gasteiger partial charge in [0, 0.05) is 18.7 Å². The fraction of sp³-hybridized carbons (Fsp3) is 0.400. The van der Waals surface area contributed by atoms with Gasteiger partial charge in [-0.25, -0.2) is 0 Å². The summed E-state index contributed by atoms with van der Waals surface area (Å²) in [6, 6.07) is 3.78. The number of hydrogen-bond donors (Lipinski definition) is 2. The van der Waals surface area contributed by atoms with Crippen molar-refractivity contribution in [2.24, 2.45) is 5.84 Å². The molecule has 0 aliphatic carbocycles. The van der Waals surface area contributed by atoms with Crippen molar-refractivity contribution in [3.63, 3.8) is 0 Å². The van der Waals surface area contributed by atoms with Crippen LogP contribution in [0, 0.1) is 10.1 Å². The molecule has 9 heteroatoms. The summed E-state index contributed by atoms with van der Waals surface area (Å²) >= 11 is 0.